The number of oxime groups is 1. The molecule has 0 aliphatic carbocycles. The Hall–Kier alpha value is -2.09. The van der Waals surface area contributed by atoms with Gasteiger partial charge in [0.1, 0.15) is 5.82 Å². The van der Waals surface area contributed by atoms with Crippen LogP contribution in [0.1, 0.15) is 11.5 Å². The second-order valence-electron chi connectivity index (χ2n) is 3.32. The van der Waals surface area contributed by atoms with Gasteiger partial charge >= 0.3 is 0 Å². The molecule has 0 spiro atoms. The minimum atomic E-state index is -0.514. The molecule has 0 saturated carbocycles. The number of nitrogens with two attached hydrogens (primary N) is 1. The maximum atomic E-state index is 13.7. The molecule has 18 heavy (non-hydrogen) atoms. The highest BCUT2D eigenvalue weighted by Gasteiger charge is 2.11. The Labute approximate surface area is 106 Å². The summed E-state index contributed by atoms with van der Waals surface area (Å²) in [5.41, 5.74) is 5.65. The van der Waals surface area contributed by atoms with Gasteiger partial charge in [-0.25, -0.2) is 4.39 Å². The Balaban J connectivity index is 2.25. The highest BCUT2D eigenvalue weighted by molar-refractivity contribution is 7.99. The lowest BCUT2D eigenvalue weighted by Gasteiger charge is -2.02. The number of nitrogens with zero attached hydrogens (tertiary/aromatic N) is 3. The molecule has 0 aliphatic rings. The predicted octanol–water partition coefficient (Wildman–Crippen LogP) is 1.76. The second-order valence-corrected chi connectivity index (χ2v) is 4.31. The Bertz CT molecular complexity index is 599. The zero-order valence-electron chi connectivity index (χ0n) is 9.29. The fraction of sp³-hybridized carbons (Fsp3) is 0.100. The number of hydrogen-bond acceptors (Lipinski definition) is 6. The van der Waals surface area contributed by atoms with Crippen LogP contribution in [0, 0.1) is 12.7 Å². The van der Waals surface area contributed by atoms with Crippen molar-refractivity contribution in [3.05, 3.63) is 35.5 Å². The van der Waals surface area contributed by atoms with Crippen LogP contribution < -0.4 is 5.73 Å². The van der Waals surface area contributed by atoms with Gasteiger partial charge in [0.25, 0.3) is 5.22 Å². The Morgan fingerprint density at radius 2 is 2.28 bits per heavy atom. The fourth-order valence-corrected chi connectivity index (χ4v) is 1.94. The Morgan fingerprint density at radius 1 is 1.50 bits per heavy atom. The summed E-state index contributed by atoms with van der Waals surface area (Å²) >= 11 is 1.00. The number of rotatable bonds is 3. The van der Waals surface area contributed by atoms with E-state index in [1.54, 1.807) is 6.92 Å². The zero-order chi connectivity index (χ0) is 13.1. The van der Waals surface area contributed by atoms with Gasteiger partial charge in [-0.05, 0) is 30.0 Å². The third kappa shape index (κ3) is 2.59. The molecule has 0 radical (unpaired) electrons. The van der Waals surface area contributed by atoms with Gasteiger partial charge in [0.2, 0.25) is 5.89 Å². The maximum absolute atomic E-state index is 13.7. The number of halogens is 1. The van der Waals surface area contributed by atoms with Crippen LogP contribution in [0.15, 0.2) is 37.9 Å². The van der Waals surface area contributed by atoms with Gasteiger partial charge < -0.3 is 15.4 Å². The number of benzene rings is 1. The summed E-state index contributed by atoms with van der Waals surface area (Å²) in [5.74, 6) is -0.259. The molecule has 94 valence electrons. The van der Waals surface area contributed by atoms with Crippen molar-refractivity contribution in [1.29, 1.82) is 0 Å². The van der Waals surface area contributed by atoms with Crippen molar-refractivity contribution in [2.24, 2.45) is 10.9 Å². The molecule has 2 rings (SSSR count). The smallest absolute Gasteiger partial charge is 0.281 e. The van der Waals surface area contributed by atoms with Crippen LogP contribution in [0.5, 0.6) is 0 Å². The normalized spacial score (nSPS) is 11.8. The minimum Gasteiger partial charge on any atom is -0.416 e. The highest BCUT2D eigenvalue weighted by Crippen LogP contribution is 2.29. The average Bonchev–Trinajstić information content (AvgIpc) is 2.76. The van der Waals surface area contributed by atoms with Crippen molar-refractivity contribution < 1.29 is 14.0 Å². The molecule has 6 nitrogen and oxygen atoms in total. The summed E-state index contributed by atoms with van der Waals surface area (Å²) in [7, 11) is 0. The van der Waals surface area contributed by atoms with Crippen LogP contribution in [0.2, 0.25) is 0 Å². The van der Waals surface area contributed by atoms with Crippen LogP contribution in [0.3, 0.4) is 0 Å². The SMILES string of the molecule is Cc1nnc(Sc2ccc(C(N)=NO)cc2F)o1. The van der Waals surface area contributed by atoms with Crippen molar-refractivity contribution in [2.45, 2.75) is 17.0 Å². The molecule has 0 bridgehead atoms. The van der Waals surface area contributed by atoms with Gasteiger partial charge in [0, 0.05) is 12.5 Å². The zero-order valence-corrected chi connectivity index (χ0v) is 10.1. The fourth-order valence-electron chi connectivity index (χ4n) is 1.21. The first-order chi connectivity index (χ1) is 8.60. The quantitative estimate of drug-likeness (QED) is 0.381. The number of amidine groups is 1. The molecular weight excluding hydrogens is 259 g/mol. The number of hydrogen-bond donors (Lipinski definition) is 2. The van der Waals surface area contributed by atoms with Gasteiger partial charge in [0.15, 0.2) is 5.84 Å². The minimum absolute atomic E-state index is 0.154. The van der Waals surface area contributed by atoms with Crippen LogP contribution in [0.4, 0.5) is 4.39 Å². The van der Waals surface area contributed by atoms with Gasteiger partial charge in [-0.15, -0.1) is 10.2 Å². The predicted molar refractivity (Wildman–Crippen MR) is 62.1 cm³/mol. The monoisotopic (exact) mass is 268 g/mol. The van der Waals surface area contributed by atoms with Gasteiger partial charge in [0.05, 0.1) is 4.90 Å². The van der Waals surface area contributed by atoms with Crippen LogP contribution in [0.25, 0.3) is 0 Å². The first-order valence-electron chi connectivity index (χ1n) is 4.85. The number of aryl methyl sites for hydroxylation is 1. The van der Waals surface area contributed by atoms with E-state index in [9.17, 15) is 4.39 Å². The van der Waals surface area contributed by atoms with Crippen LogP contribution in [-0.2, 0) is 0 Å². The lowest BCUT2D eigenvalue weighted by atomic mass is 10.2. The molecule has 0 amide bonds. The molecule has 2 aromatic rings. The van der Waals surface area contributed by atoms with Crippen molar-refractivity contribution in [3.8, 4) is 0 Å². The van der Waals surface area contributed by atoms with Crippen molar-refractivity contribution in [2.75, 3.05) is 0 Å². The molecule has 3 N–H and O–H groups in total. The first-order valence-corrected chi connectivity index (χ1v) is 5.67. The van der Waals surface area contributed by atoms with Crippen molar-refractivity contribution in [1.82, 2.24) is 10.2 Å². The summed E-state index contributed by atoms with van der Waals surface area (Å²) in [5, 5.41) is 18.9. The van der Waals surface area contributed by atoms with E-state index in [4.69, 9.17) is 15.4 Å². The summed E-state index contributed by atoms with van der Waals surface area (Å²) < 4.78 is 18.9. The van der Waals surface area contributed by atoms with E-state index in [1.165, 1.54) is 18.2 Å². The van der Waals surface area contributed by atoms with E-state index in [0.29, 0.717) is 16.3 Å². The average molecular weight is 268 g/mol. The molecule has 0 unspecified atom stereocenters. The first kappa shape index (κ1) is 12.4. The van der Waals surface area contributed by atoms with Crippen molar-refractivity contribution in [3.63, 3.8) is 0 Å². The van der Waals surface area contributed by atoms with Gasteiger partial charge in [-0.3, -0.25) is 0 Å². The number of aromatic nitrogens is 2. The van der Waals surface area contributed by atoms with Crippen molar-refractivity contribution >= 4 is 17.6 Å². The second kappa shape index (κ2) is 5.05. The van der Waals surface area contributed by atoms with E-state index in [1.807, 2.05) is 0 Å². The molecule has 0 saturated heterocycles. The molecule has 1 aromatic heterocycles. The molecule has 1 heterocycles. The summed E-state index contributed by atoms with van der Waals surface area (Å²) in [6.07, 6.45) is 0. The summed E-state index contributed by atoms with van der Waals surface area (Å²) in [4.78, 5) is 0.313. The molecule has 8 heteroatoms. The third-order valence-corrected chi connectivity index (χ3v) is 2.93. The van der Waals surface area contributed by atoms with E-state index < -0.39 is 5.82 Å². The summed E-state index contributed by atoms with van der Waals surface area (Å²) in [6.45, 7) is 1.65. The largest absolute Gasteiger partial charge is 0.416 e. The molecule has 0 fully saturated rings. The van der Waals surface area contributed by atoms with E-state index in [-0.39, 0.29) is 11.1 Å². The van der Waals surface area contributed by atoms with Gasteiger partial charge in [-0.2, -0.15) is 0 Å². The molecule has 0 atom stereocenters. The lowest BCUT2D eigenvalue weighted by molar-refractivity contribution is 0.318. The Kier molecular flexibility index (Phi) is 3.47. The molecule has 1 aromatic carbocycles. The molecular formula is C10H9FN4O2S. The lowest BCUT2D eigenvalue weighted by Crippen LogP contribution is -2.13. The highest BCUT2D eigenvalue weighted by atomic mass is 32.2. The Morgan fingerprint density at radius 3 is 2.83 bits per heavy atom. The third-order valence-electron chi connectivity index (χ3n) is 2.04. The van der Waals surface area contributed by atoms with E-state index in [0.717, 1.165) is 11.8 Å². The van der Waals surface area contributed by atoms with Crippen LogP contribution >= 0.6 is 11.8 Å². The maximum Gasteiger partial charge on any atom is 0.281 e. The topological polar surface area (TPSA) is 97.5 Å². The molecule has 0 aliphatic heterocycles. The van der Waals surface area contributed by atoms with Gasteiger partial charge in [-0.1, -0.05) is 5.16 Å². The summed E-state index contributed by atoms with van der Waals surface area (Å²) in [6, 6.07) is 4.19. The van der Waals surface area contributed by atoms with E-state index >= 15 is 0 Å². The van der Waals surface area contributed by atoms with E-state index in [2.05, 4.69) is 15.4 Å². The standard InChI is InChI=1S/C10H9FN4O2S/c1-5-13-14-10(17-5)18-8-3-2-6(4-7(8)11)9(12)15-16/h2-4,16H,1H3,(H2,12,15). The van der Waals surface area contributed by atoms with Crippen LogP contribution in [-0.4, -0.2) is 21.2 Å².